The first kappa shape index (κ1) is 16.5. The van der Waals surface area contributed by atoms with Crippen LogP contribution < -0.4 is 5.32 Å². The normalized spacial score (nSPS) is 16.0. The van der Waals surface area contributed by atoms with Gasteiger partial charge in [0.25, 0.3) is 0 Å². The number of alkyl halides is 1. The molecule has 126 valence electrons. The molecule has 0 bridgehead atoms. The summed E-state index contributed by atoms with van der Waals surface area (Å²) in [6.07, 6.45) is 0. The van der Waals surface area contributed by atoms with Crippen molar-refractivity contribution in [3.05, 3.63) is 65.2 Å². The average Bonchev–Trinajstić information content (AvgIpc) is 2.54. The van der Waals surface area contributed by atoms with Crippen molar-refractivity contribution >= 4 is 11.7 Å². The van der Waals surface area contributed by atoms with Gasteiger partial charge in [-0.05, 0) is 29.5 Å². The van der Waals surface area contributed by atoms with E-state index in [1.165, 1.54) is 4.90 Å². The van der Waals surface area contributed by atoms with Crippen molar-refractivity contribution in [3.8, 4) is 0 Å². The number of para-hydroxylation sites is 1. The maximum Gasteiger partial charge on any atom is 0.322 e. The van der Waals surface area contributed by atoms with E-state index in [9.17, 15) is 9.18 Å². The Morgan fingerprint density at radius 1 is 1.12 bits per heavy atom. The van der Waals surface area contributed by atoms with E-state index in [1.807, 2.05) is 43.3 Å². The van der Waals surface area contributed by atoms with Crippen molar-refractivity contribution in [2.75, 3.05) is 18.4 Å². The van der Waals surface area contributed by atoms with E-state index in [1.54, 1.807) is 12.1 Å². The van der Waals surface area contributed by atoms with E-state index in [-0.39, 0.29) is 19.1 Å². The minimum absolute atomic E-state index is 0.0890. The van der Waals surface area contributed by atoms with Crippen molar-refractivity contribution in [2.24, 2.45) is 0 Å². The Kier molecular flexibility index (Phi) is 4.31. The second-order valence-electron chi connectivity index (χ2n) is 6.81. The number of nitrogens with one attached hydrogen (secondary N) is 1. The van der Waals surface area contributed by atoms with E-state index in [2.05, 4.69) is 19.2 Å². The van der Waals surface area contributed by atoms with Crippen LogP contribution in [0, 0.1) is 6.92 Å². The zero-order valence-corrected chi connectivity index (χ0v) is 14.3. The summed E-state index contributed by atoms with van der Waals surface area (Å²) in [5, 5.41) is 2.97. The van der Waals surface area contributed by atoms with E-state index in [0.29, 0.717) is 11.5 Å². The lowest BCUT2D eigenvalue weighted by Crippen LogP contribution is -2.59. The largest absolute Gasteiger partial charge is 0.322 e. The minimum Gasteiger partial charge on any atom is -0.317 e. The van der Waals surface area contributed by atoms with Crippen LogP contribution in [0.4, 0.5) is 14.9 Å². The molecule has 0 saturated carbocycles. The molecule has 0 aromatic heterocycles. The van der Waals surface area contributed by atoms with Gasteiger partial charge in [0, 0.05) is 5.69 Å². The molecule has 2 aromatic carbocycles. The number of halogens is 1. The molecule has 0 atom stereocenters. The molecule has 1 aliphatic heterocycles. The van der Waals surface area contributed by atoms with Crippen LogP contribution in [0.25, 0.3) is 0 Å². The Hall–Kier alpha value is -2.36. The SMILES string of the molecule is Cc1cccc(C(C)C)c1NC(=O)N1CC(F)(c2ccccc2)C1. The standard InChI is InChI=1S/C20H23FN2O/c1-14(2)17-11-7-8-15(3)18(17)22-19(24)23-12-20(21,13-23)16-9-5-4-6-10-16/h4-11,14H,12-13H2,1-3H3,(H,22,24). The van der Waals surface area contributed by atoms with Gasteiger partial charge in [0.15, 0.2) is 5.67 Å². The highest BCUT2D eigenvalue weighted by Crippen LogP contribution is 2.36. The summed E-state index contributed by atoms with van der Waals surface area (Å²) in [6.45, 7) is 6.34. The molecule has 0 aliphatic carbocycles. The number of aryl methyl sites for hydroxylation is 1. The van der Waals surface area contributed by atoms with E-state index < -0.39 is 5.67 Å². The molecule has 1 saturated heterocycles. The van der Waals surface area contributed by atoms with Gasteiger partial charge >= 0.3 is 6.03 Å². The fourth-order valence-electron chi connectivity index (χ4n) is 3.15. The zero-order chi connectivity index (χ0) is 17.3. The van der Waals surface area contributed by atoms with Gasteiger partial charge in [-0.1, -0.05) is 62.4 Å². The first-order valence-electron chi connectivity index (χ1n) is 8.30. The smallest absolute Gasteiger partial charge is 0.317 e. The number of hydrogen-bond acceptors (Lipinski definition) is 1. The van der Waals surface area contributed by atoms with Gasteiger partial charge < -0.3 is 10.2 Å². The summed E-state index contributed by atoms with van der Waals surface area (Å²) in [7, 11) is 0. The fraction of sp³-hybridized carbons (Fsp3) is 0.350. The molecule has 1 heterocycles. The van der Waals surface area contributed by atoms with Gasteiger partial charge in [-0.15, -0.1) is 0 Å². The Morgan fingerprint density at radius 3 is 2.42 bits per heavy atom. The molecule has 0 unspecified atom stereocenters. The van der Waals surface area contributed by atoms with Gasteiger partial charge in [0.1, 0.15) is 0 Å². The zero-order valence-electron chi connectivity index (χ0n) is 14.3. The molecule has 1 aliphatic rings. The molecule has 4 heteroatoms. The summed E-state index contributed by atoms with van der Waals surface area (Å²) in [5.74, 6) is 0.307. The Morgan fingerprint density at radius 2 is 1.79 bits per heavy atom. The molecule has 1 fully saturated rings. The first-order valence-corrected chi connectivity index (χ1v) is 8.30. The number of benzene rings is 2. The summed E-state index contributed by atoms with van der Waals surface area (Å²) in [6, 6.07) is 14.8. The summed E-state index contributed by atoms with van der Waals surface area (Å²) in [5.41, 5.74) is 2.15. The number of amides is 2. The summed E-state index contributed by atoms with van der Waals surface area (Å²) < 4.78 is 14.9. The number of carbonyl (C=O) groups excluding carboxylic acids is 1. The third-order valence-corrected chi connectivity index (χ3v) is 4.62. The Labute approximate surface area is 142 Å². The van der Waals surface area contributed by atoms with E-state index in [0.717, 1.165) is 16.8 Å². The topological polar surface area (TPSA) is 32.3 Å². The maximum absolute atomic E-state index is 14.9. The van der Waals surface area contributed by atoms with Crippen LogP contribution >= 0.6 is 0 Å². The monoisotopic (exact) mass is 326 g/mol. The molecule has 0 radical (unpaired) electrons. The molecular formula is C20H23FN2O. The van der Waals surface area contributed by atoms with Crippen molar-refractivity contribution in [1.29, 1.82) is 0 Å². The summed E-state index contributed by atoms with van der Waals surface area (Å²) in [4.78, 5) is 14.0. The highest BCUT2D eigenvalue weighted by Gasteiger charge is 2.47. The van der Waals surface area contributed by atoms with Crippen LogP contribution in [0.5, 0.6) is 0 Å². The maximum atomic E-state index is 14.9. The molecule has 2 aromatic rings. The first-order chi connectivity index (χ1) is 11.4. The van der Waals surface area contributed by atoms with Gasteiger partial charge in [-0.25, -0.2) is 9.18 Å². The number of nitrogens with zero attached hydrogens (tertiary/aromatic N) is 1. The predicted octanol–water partition coefficient (Wildman–Crippen LogP) is 4.83. The van der Waals surface area contributed by atoms with Crippen LogP contribution in [0.2, 0.25) is 0 Å². The number of hydrogen-bond donors (Lipinski definition) is 1. The number of anilines is 1. The quantitative estimate of drug-likeness (QED) is 0.861. The third kappa shape index (κ3) is 3.01. The molecule has 1 N–H and O–H groups in total. The second-order valence-corrected chi connectivity index (χ2v) is 6.81. The lowest BCUT2D eigenvalue weighted by atomic mass is 9.88. The Balaban J connectivity index is 1.70. The van der Waals surface area contributed by atoms with Gasteiger partial charge in [0.2, 0.25) is 0 Å². The van der Waals surface area contributed by atoms with Crippen LogP contribution in [0.15, 0.2) is 48.5 Å². The molecule has 24 heavy (non-hydrogen) atoms. The van der Waals surface area contributed by atoms with Crippen LogP contribution in [0.3, 0.4) is 0 Å². The third-order valence-electron chi connectivity index (χ3n) is 4.62. The van der Waals surface area contributed by atoms with Crippen molar-refractivity contribution in [2.45, 2.75) is 32.4 Å². The van der Waals surface area contributed by atoms with Crippen LogP contribution in [-0.2, 0) is 5.67 Å². The average molecular weight is 326 g/mol. The van der Waals surface area contributed by atoms with Crippen molar-refractivity contribution in [1.82, 2.24) is 4.90 Å². The molecular weight excluding hydrogens is 303 g/mol. The highest BCUT2D eigenvalue weighted by molar-refractivity contribution is 5.92. The van der Waals surface area contributed by atoms with Gasteiger partial charge in [-0.2, -0.15) is 0 Å². The number of carbonyl (C=O) groups is 1. The van der Waals surface area contributed by atoms with Gasteiger partial charge in [0.05, 0.1) is 13.1 Å². The Bertz CT molecular complexity index is 737. The molecule has 3 nitrogen and oxygen atoms in total. The lowest BCUT2D eigenvalue weighted by Gasteiger charge is -2.44. The number of likely N-dealkylation sites (tertiary alicyclic amines) is 1. The lowest BCUT2D eigenvalue weighted by molar-refractivity contribution is -0.00528. The molecule has 0 spiro atoms. The minimum atomic E-state index is -1.44. The van der Waals surface area contributed by atoms with E-state index >= 15 is 0 Å². The van der Waals surface area contributed by atoms with Crippen LogP contribution in [0.1, 0.15) is 36.5 Å². The van der Waals surface area contributed by atoms with Crippen LogP contribution in [-0.4, -0.2) is 24.0 Å². The van der Waals surface area contributed by atoms with Crippen molar-refractivity contribution < 1.29 is 9.18 Å². The fourth-order valence-corrected chi connectivity index (χ4v) is 3.15. The molecule has 2 amide bonds. The van der Waals surface area contributed by atoms with Gasteiger partial charge in [-0.3, -0.25) is 0 Å². The summed E-state index contributed by atoms with van der Waals surface area (Å²) >= 11 is 0. The highest BCUT2D eigenvalue weighted by atomic mass is 19.1. The number of urea groups is 1. The second kappa shape index (κ2) is 6.27. The number of rotatable bonds is 3. The predicted molar refractivity (Wildman–Crippen MR) is 95.1 cm³/mol. The molecule has 3 rings (SSSR count). The van der Waals surface area contributed by atoms with Crippen molar-refractivity contribution in [3.63, 3.8) is 0 Å². The van der Waals surface area contributed by atoms with E-state index in [4.69, 9.17) is 0 Å².